The molecule has 0 aliphatic rings. The molecule has 1 aromatic rings. The second-order valence-electron chi connectivity index (χ2n) is 3.06. The first-order valence-electron chi connectivity index (χ1n) is 4.76. The predicted octanol–water partition coefficient (Wildman–Crippen LogP) is 0.424. The molecule has 0 unspecified atom stereocenters. The Labute approximate surface area is 101 Å². The molecular formula is C9H10FN3O5. The number of halogens is 1. The third-order valence-electron chi connectivity index (χ3n) is 1.86. The number of hydrogen-bond acceptors (Lipinski definition) is 7. The lowest BCUT2D eigenvalue weighted by Gasteiger charge is -2.06. The van der Waals surface area contributed by atoms with E-state index in [4.69, 9.17) is 10.6 Å². The summed E-state index contributed by atoms with van der Waals surface area (Å²) < 4.78 is 17.8. The van der Waals surface area contributed by atoms with Crippen molar-refractivity contribution in [2.24, 2.45) is 5.84 Å². The minimum absolute atomic E-state index is 0.197. The average molecular weight is 259 g/mol. The van der Waals surface area contributed by atoms with Crippen molar-refractivity contribution < 1.29 is 23.7 Å². The van der Waals surface area contributed by atoms with Gasteiger partial charge in [0.2, 0.25) is 0 Å². The molecule has 0 spiro atoms. The molecule has 98 valence electrons. The van der Waals surface area contributed by atoms with Gasteiger partial charge in [0.15, 0.2) is 5.75 Å². The van der Waals surface area contributed by atoms with Gasteiger partial charge < -0.3 is 9.57 Å². The number of nitro benzene ring substituents is 1. The summed E-state index contributed by atoms with van der Waals surface area (Å²) in [6.07, 6.45) is -0.197. The van der Waals surface area contributed by atoms with E-state index < -0.39 is 16.7 Å². The lowest BCUT2D eigenvalue weighted by atomic mass is 10.3. The van der Waals surface area contributed by atoms with E-state index in [-0.39, 0.29) is 24.5 Å². The van der Waals surface area contributed by atoms with Crippen LogP contribution in [0.15, 0.2) is 18.2 Å². The maximum atomic E-state index is 12.9. The minimum Gasteiger partial charge on any atom is -0.486 e. The number of hydrogen-bond donors (Lipinski definition) is 2. The summed E-state index contributed by atoms with van der Waals surface area (Å²) in [4.78, 5) is 25.0. The van der Waals surface area contributed by atoms with Crippen molar-refractivity contribution in [3.05, 3.63) is 34.1 Å². The first kappa shape index (κ1) is 13.8. The van der Waals surface area contributed by atoms with E-state index in [2.05, 4.69) is 4.84 Å². The van der Waals surface area contributed by atoms with E-state index in [0.29, 0.717) is 0 Å². The van der Waals surface area contributed by atoms with Crippen molar-refractivity contribution >= 4 is 11.7 Å². The smallest absolute Gasteiger partial charge is 0.329 e. The number of nitrogens with zero attached hydrogens (tertiary/aromatic N) is 1. The molecule has 3 N–H and O–H groups in total. The highest BCUT2D eigenvalue weighted by atomic mass is 19.1. The molecule has 0 bridgehead atoms. The number of carbonyl (C=O) groups is 1. The number of carbonyl (C=O) groups excluding carboxylic acids is 1. The maximum absolute atomic E-state index is 12.9. The van der Waals surface area contributed by atoms with Gasteiger partial charge in [0.05, 0.1) is 18.0 Å². The molecule has 9 heteroatoms. The monoisotopic (exact) mass is 259 g/mol. The van der Waals surface area contributed by atoms with Crippen LogP contribution in [-0.2, 0) is 9.63 Å². The Morgan fingerprint density at radius 1 is 1.56 bits per heavy atom. The SMILES string of the molecule is NNOC(=O)CCOc1cc(F)ccc1[N+](=O)[O-]. The van der Waals surface area contributed by atoms with Gasteiger partial charge in [0.1, 0.15) is 5.82 Å². The summed E-state index contributed by atoms with van der Waals surface area (Å²) in [5.41, 5.74) is 1.29. The zero-order valence-electron chi connectivity index (χ0n) is 9.09. The number of ether oxygens (including phenoxy) is 1. The quantitative estimate of drug-likeness (QED) is 0.432. The number of nitrogens with two attached hydrogens (primary N) is 1. The highest BCUT2D eigenvalue weighted by Crippen LogP contribution is 2.27. The highest BCUT2D eigenvalue weighted by Gasteiger charge is 2.16. The minimum atomic E-state index is -0.714. The number of nitrogens with one attached hydrogen (secondary N) is 1. The molecule has 8 nitrogen and oxygen atoms in total. The van der Waals surface area contributed by atoms with Crippen molar-refractivity contribution in [3.8, 4) is 5.75 Å². The van der Waals surface area contributed by atoms with Crippen molar-refractivity contribution in [2.45, 2.75) is 6.42 Å². The topological polar surface area (TPSA) is 117 Å². The van der Waals surface area contributed by atoms with Crippen LogP contribution in [0.2, 0.25) is 0 Å². The summed E-state index contributed by atoms with van der Waals surface area (Å²) in [7, 11) is 0. The Balaban J connectivity index is 2.63. The molecule has 0 saturated heterocycles. The van der Waals surface area contributed by atoms with E-state index >= 15 is 0 Å². The Bertz CT molecular complexity index is 454. The Morgan fingerprint density at radius 3 is 2.89 bits per heavy atom. The van der Waals surface area contributed by atoms with Gasteiger partial charge in [-0.2, -0.15) is 0 Å². The second kappa shape index (κ2) is 6.47. The fourth-order valence-corrected chi connectivity index (χ4v) is 1.12. The van der Waals surface area contributed by atoms with Crippen LogP contribution in [0.1, 0.15) is 6.42 Å². The van der Waals surface area contributed by atoms with E-state index in [1.807, 2.05) is 0 Å². The number of hydrazine groups is 1. The summed E-state index contributed by atoms with van der Waals surface area (Å²) in [5, 5.41) is 10.6. The molecule has 0 aliphatic carbocycles. The van der Waals surface area contributed by atoms with Crippen molar-refractivity contribution in [1.82, 2.24) is 5.59 Å². The van der Waals surface area contributed by atoms with Crippen LogP contribution in [-0.4, -0.2) is 17.5 Å². The number of rotatable bonds is 6. The van der Waals surface area contributed by atoms with Crippen molar-refractivity contribution in [3.63, 3.8) is 0 Å². The van der Waals surface area contributed by atoms with Gasteiger partial charge in [0, 0.05) is 12.1 Å². The lowest BCUT2D eigenvalue weighted by Crippen LogP contribution is -2.27. The van der Waals surface area contributed by atoms with E-state index in [9.17, 15) is 19.3 Å². The van der Waals surface area contributed by atoms with Gasteiger partial charge >= 0.3 is 11.7 Å². The molecule has 18 heavy (non-hydrogen) atoms. The molecule has 1 rings (SSSR count). The Kier molecular flexibility index (Phi) is 4.96. The van der Waals surface area contributed by atoms with Crippen LogP contribution in [0.25, 0.3) is 0 Å². The average Bonchev–Trinajstić information content (AvgIpc) is 2.29. The van der Waals surface area contributed by atoms with Gasteiger partial charge in [-0.3, -0.25) is 14.9 Å². The summed E-state index contributed by atoms with van der Waals surface area (Å²) in [5.74, 6) is 3.08. The molecule has 0 fully saturated rings. The van der Waals surface area contributed by atoms with Crippen LogP contribution < -0.4 is 16.2 Å². The number of nitro groups is 1. The van der Waals surface area contributed by atoms with Gasteiger partial charge in [-0.25, -0.2) is 10.2 Å². The first-order valence-corrected chi connectivity index (χ1v) is 4.76. The van der Waals surface area contributed by atoms with Gasteiger partial charge in [-0.15, -0.1) is 0 Å². The maximum Gasteiger partial charge on any atom is 0.329 e. The molecule has 0 atom stereocenters. The van der Waals surface area contributed by atoms with E-state index in [1.54, 1.807) is 5.59 Å². The van der Waals surface area contributed by atoms with Crippen LogP contribution in [0, 0.1) is 15.9 Å². The van der Waals surface area contributed by atoms with E-state index in [1.165, 1.54) is 0 Å². The lowest BCUT2D eigenvalue weighted by molar-refractivity contribution is -0.385. The third kappa shape index (κ3) is 3.96. The molecule has 0 heterocycles. The van der Waals surface area contributed by atoms with Crippen molar-refractivity contribution in [2.75, 3.05) is 6.61 Å². The van der Waals surface area contributed by atoms with Gasteiger partial charge in [-0.05, 0) is 6.07 Å². The van der Waals surface area contributed by atoms with Gasteiger partial charge in [0.25, 0.3) is 0 Å². The molecule has 0 saturated carbocycles. The third-order valence-corrected chi connectivity index (χ3v) is 1.86. The zero-order valence-corrected chi connectivity index (χ0v) is 9.09. The normalized spacial score (nSPS) is 9.89. The predicted molar refractivity (Wildman–Crippen MR) is 56.6 cm³/mol. The summed E-state index contributed by atoms with van der Waals surface area (Å²) >= 11 is 0. The second-order valence-corrected chi connectivity index (χ2v) is 3.06. The molecular weight excluding hydrogens is 249 g/mol. The standard InChI is InChI=1S/C9H10FN3O5/c10-6-1-2-7(13(15)16)8(5-6)17-4-3-9(14)18-12-11/h1-2,5,12H,3-4,11H2. The van der Waals surface area contributed by atoms with Crippen molar-refractivity contribution in [1.29, 1.82) is 0 Å². The van der Waals surface area contributed by atoms with Crippen LogP contribution in [0.3, 0.4) is 0 Å². The largest absolute Gasteiger partial charge is 0.486 e. The fraction of sp³-hybridized carbons (Fsp3) is 0.222. The van der Waals surface area contributed by atoms with Crippen LogP contribution >= 0.6 is 0 Å². The molecule has 0 aliphatic heterocycles. The first-order chi connectivity index (χ1) is 8.54. The summed E-state index contributed by atoms with van der Waals surface area (Å²) in [6.45, 7) is -0.204. The molecule has 1 aromatic carbocycles. The molecule has 0 radical (unpaired) electrons. The Hall–Kier alpha value is -2.26. The van der Waals surface area contributed by atoms with Crippen LogP contribution in [0.5, 0.6) is 5.75 Å². The molecule has 0 amide bonds. The number of benzene rings is 1. The summed E-state index contributed by atoms with van der Waals surface area (Å²) in [6, 6.07) is 2.78. The van der Waals surface area contributed by atoms with Crippen LogP contribution in [0.4, 0.5) is 10.1 Å². The fourth-order valence-electron chi connectivity index (χ4n) is 1.12. The highest BCUT2D eigenvalue weighted by molar-refractivity contribution is 5.69. The Morgan fingerprint density at radius 2 is 2.28 bits per heavy atom. The molecule has 0 aromatic heterocycles. The van der Waals surface area contributed by atoms with Gasteiger partial charge in [-0.1, -0.05) is 5.59 Å². The zero-order chi connectivity index (χ0) is 13.5. The van der Waals surface area contributed by atoms with E-state index in [0.717, 1.165) is 18.2 Å².